The van der Waals surface area contributed by atoms with E-state index in [1.54, 1.807) is 6.08 Å². The molecule has 0 amide bonds. The number of nitrogens with zero attached hydrogens (tertiary/aromatic N) is 1. The quantitative estimate of drug-likeness (QED) is 0.193. The van der Waals surface area contributed by atoms with Gasteiger partial charge in [-0.3, -0.25) is 4.99 Å². The van der Waals surface area contributed by atoms with Crippen LogP contribution in [0.5, 0.6) is 0 Å². The van der Waals surface area contributed by atoms with Crippen LogP contribution in [0.3, 0.4) is 0 Å². The summed E-state index contributed by atoms with van der Waals surface area (Å²) >= 11 is 0. The topological polar surface area (TPSA) is 96.6 Å². The lowest BCUT2D eigenvalue weighted by Gasteiger charge is -2.02. The summed E-state index contributed by atoms with van der Waals surface area (Å²) in [7, 11) is -3.14. The molecule has 0 aromatic rings. The molecule has 0 aliphatic heterocycles. The van der Waals surface area contributed by atoms with Crippen LogP contribution in [0.4, 0.5) is 0 Å². The number of sulfonamides is 1. The number of hydrogen-bond acceptors (Lipinski definition) is 3. The highest BCUT2D eigenvalue weighted by Crippen LogP contribution is 1.74. The van der Waals surface area contributed by atoms with Gasteiger partial charge in [0.25, 0.3) is 0 Å². The molecule has 0 saturated carbocycles. The fourth-order valence-corrected chi connectivity index (χ4v) is 1.10. The van der Waals surface area contributed by atoms with Crippen molar-refractivity contribution in [1.82, 2.24) is 10.0 Å². The van der Waals surface area contributed by atoms with Crippen LogP contribution in [-0.4, -0.2) is 40.3 Å². The van der Waals surface area contributed by atoms with E-state index >= 15 is 0 Å². The van der Waals surface area contributed by atoms with E-state index in [1.165, 1.54) is 0 Å². The van der Waals surface area contributed by atoms with Gasteiger partial charge < -0.3 is 11.1 Å². The molecular weight excluding hydrogens is 331 g/mol. The minimum atomic E-state index is -3.14. The first-order valence-electron chi connectivity index (χ1n) is 4.05. The first kappa shape index (κ1) is 17.1. The lowest BCUT2D eigenvalue weighted by atomic mass is 10.6. The zero-order chi connectivity index (χ0) is 11.0. The summed E-state index contributed by atoms with van der Waals surface area (Å²) in [5, 5.41) is 2.76. The normalized spacial score (nSPS) is 11.7. The molecule has 0 fully saturated rings. The van der Waals surface area contributed by atoms with Crippen LogP contribution in [0, 0.1) is 0 Å². The van der Waals surface area contributed by atoms with Gasteiger partial charge >= 0.3 is 0 Å². The van der Waals surface area contributed by atoms with Crippen molar-refractivity contribution in [1.29, 1.82) is 0 Å². The Bertz CT molecular complexity index is 302. The first-order valence-corrected chi connectivity index (χ1v) is 5.94. The molecule has 0 atom stereocenters. The van der Waals surface area contributed by atoms with Gasteiger partial charge in [-0.1, -0.05) is 6.08 Å². The molecule has 90 valence electrons. The van der Waals surface area contributed by atoms with Crippen LogP contribution in [0.1, 0.15) is 0 Å². The van der Waals surface area contributed by atoms with Gasteiger partial charge in [0.15, 0.2) is 5.96 Å². The Morgan fingerprint density at radius 2 is 2.20 bits per heavy atom. The third-order valence-corrected chi connectivity index (χ3v) is 1.91. The van der Waals surface area contributed by atoms with Gasteiger partial charge in [-0.05, 0) is 0 Å². The van der Waals surface area contributed by atoms with E-state index in [0.29, 0.717) is 13.1 Å². The van der Waals surface area contributed by atoms with Crippen molar-refractivity contribution in [2.45, 2.75) is 0 Å². The minimum Gasteiger partial charge on any atom is -0.370 e. The highest BCUT2D eigenvalue weighted by atomic mass is 127. The highest BCUT2D eigenvalue weighted by molar-refractivity contribution is 14.0. The van der Waals surface area contributed by atoms with Gasteiger partial charge in [-0.15, -0.1) is 30.6 Å². The van der Waals surface area contributed by atoms with E-state index in [2.05, 4.69) is 21.6 Å². The molecule has 6 nitrogen and oxygen atoms in total. The van der Waals surface area contributed by atoms with Crippen molar-refractivity contribution < 1.29 is 8.42 Å². The molecule has 0 aromatic heterocycles. The molecule has 4 N–H and O–H groups in total. The summed E-state index contributed by atoms with van der Waals surface area (Å²) < 4.78 is 23.6. The standard InChI is InChI=1S/C7H16N4O2S.HI/c1-3-4-9-7(8)10-5-6-11-14(2,12)13;/h3,11H,1,4-6H2,2H3,(H3,8,9,10);1H. The van der Waals surface area contributed by atoms with Crippen LogP contribution >= 0.6 is 24.0 Å². The average Bonchev–Trinajstić information content (AvgIpc) is 2.07. The SMILES string of the molecule is C=CCNC(N)=NCCNS(C)(=O)=O.I. The van der Waals surface area contributed by atoms with Gasteiger partial charge in [0.1, 0.15) is 0 Å². The lowest BCUT2D eigenvalue weighted by Crippen LogP contribution is -2.33. The molecule has 0 spiro atoms. The monoisotopic (exact) mass is 348 g/mol. The second-order valence-corrected chi connectivity index (χ2v) is 4.44. The number of guanidine groups is 1. The molecule has 0 rings (SSSR count). The third-order valence-electron chi connectivity index (χ3n) is 1.19. The molecular formula is C7H17IN4O2S. The molecule has 0 heterocycles. The van der Waals surface area contributed by atoms with Crippen molar-refractivity contribution >= 4 is 40.0 Å². The maximum atomic E-state index is 10.6. The molecule has 0 aromatic carbocycles. The van der Waals surface area contributed by atoms with Crippen molar-refractivity contribution in [3.8, 4) is 0 Å². The van der Waals surface area contributed by atoms with E-state index in [1.807, 2.05) is 0 Å². The number of hydrogen-bond donors (Lipinski definition) is 3. The van der Waals surface area contributed by atoms with Crippen LogP contribution in [-0.2, 0) is 10.0 Å². The van der Waals surface area contributed by atoms with Crippen molar-refractivity contribution in [2.24, 2.45) is 10.7 Å². The van der Waals surface area contributed by atoms with Gasteiger partial charge in [-0.2, -0.15) is 0 Å². The molecule has 0 aliphatic rings. The molecule has 8 heteroatoms. The van der Waals surface area contributed by atoms with Crippen LogP contribution in [0.15, 0.2) is 17.6 Å². The van der Waals surface area contributed by atoms with Crippen molar-refractivity contribution in [3.63, 3.8) is 0 Å². The summed E-state index contributed by atoms with van der Waals surface area (Å²) in [5.41, 5.74) is 5.42. The molecule has 0 saturated heterocycles. The third kappa shape index (κ3) is 13.7. The highest BCUT2D eigenvalue weighted by Gasteiger charge is 1.97. The first-order chi connectivity index (χ1) is 6.45. The summed E-state index contributed by atoms with van der Waals surface area (Å²) in [4.78, 5) is 3.87. The Balaban J connectivity index is 0. The second kappa shape index (κ2) is 8.92. The van der Waals surface area contributed by atoms with Crippen molar-refractivity contribution in [3.05, 3.63) is 12.7 Å². The van der Waals surface area contributed by atoms with E-state index in [-0.39, 0.29) is 36.5 Å². The maximum Gasteiger partial charge on any atom is 0.208 e. The minimum absolute atomic E-state index is 0. The van der Waals surface area contributed by atoms with Crippen molar-refractivity contribution in [2.75, 3.05) is 25.9 Å². The molecule has 0 bridgehead atoms. The van der Waals surface area contributed by atoms with E-state index < -0.39 is 10.0 Å². The van der Waals surface area contributed by atoms with Gasteiger partial charge in [0.05, 0.1) is 12.8 Å². The maximum absolute atomic E-state index is 10.6. The Morgan fingerprint density at radius 3 is 2.67 bits per heavy atom. The number of nitrogens with one attached hydrogen (secondary N) is 2. The number of aliphatic imine (C=N–C) groups is 1. The van der Waals surface area contributed by atoms with E-state index in [9.17, 15) is 8.42 Å². The summed E-state index contributed by atoms with van der Waals surface area (Å²) in [6.07, 6.45) is 2.74. The predicted molar refractivity (Wildman–Crippen MR) is 73.0 cm³/mol. The molecule has 0 unspecified atom stereocenters. The molecule has 0 aliphatic carbocycles. The van der Waals surface area contributed by atoms with E-state index in [4.69, 9.17) is 5.73 Å². The van der Waals surface area contributed by atoms with Gasteiger partial charge in [-0.25, -0.2) is 13.1 Å². The Kier molecular flexibility index (Phi) is 10.1. The number of rotatable bonds is 6. The molecule has 0 radical (unpaired) electrons. The van der Waals surface area contributed by atoms with Crippen LogP contribution < -0.4 is 15.8 Å². The lowest BCUT2D eigenvalue weighted by molar-refractivity contribution is 0.588. The van der Waals surface area contributed by atoms with Gasteiger partial charge in [0, 0.05) is 13.1 Å². The summed E-state index contributed by atoms with van der Waals surface area (Å²) in [6, 6.07) is 0. The van der Waals surface area contributed by atoms with Crippen LogP contribution in [0.25, 0.3) is 0 Å². The average molecular weight is 348 g/mol. The fourth-order valence-electron chi connectivity index (χ4n) is 0.640. The number of halogens is 1. The molecule has 15 heavy (non-hydrogen) atoms. The predicted octanol–water partition coefficient (Wildman–Crippen LogP) is -0.756. The Hall–Kier alpha value is -0.350. The fraction of sp³-hybridized carbons (Fsp3) is 0.571. The van der Waals surface area contributed by atoms with E-state index in [0.717, 1.165) is 6.26 Å². The Morgan fingerprint density at radius 1 is 1.60 bits per heavy atom. The second-order valence-electron chi connectivity index (χ2n) is 2.60. The zero-order valence-electron chi connectivity index (χ0n) is 8.56. The zero-order valence-corrected chi connectivity index (χ0v) is 11.7. The Labute approximate surface area is 107 Å². The van der Waals surface area contributed by atoms with Gasteiger partial charge in [0.2, 0.25) is 10.0 Å². The summed E-state index contributed by atoms with van der Waals surface area (Å²) in [6.45, 7) is 4.59. The van der Waals surface area contributed by atoms with Crippen LogP contribution in [0.2, 0.25) is 0 Å². The number of nitrogens with two attached hydrogens (primary N) is 1. The smallest absolute Gasteiger partial charge is 0.208 e. The summed E-state index contributed by atoms with van der Waals surface area (Å²) in [5.74, 6) is 0.278. The largest absolute Gasteiger partial charge is 0.370 e.